The van der Waals surface area contributed by atoms with Crippen molar-refractivity contribution in [2.45, 2.75) is 34.6 Å². The van der Waals surface area contributed by atoms with Gasteiger partial charge in [-0.3, -0.25) is 4.21 Å². The van der Waals surface area contributed by atoms with Gasteiger partial charge in [0.2, 0.25) is 0 Å². The molecule has 3 heteroatoms. The second-order valence-electron chi connectivity index (χ2n) is 4.94. The third kappa shape index (κ3) is 10.3. The summed E-state index contributed by atoms with van der Waals surface area (Å²) in [4.78, 5) is 0. The average molecular weight is 498 g/mol. The first-order valence-electron chi connectivity index (χ1n) is 6.64. The Hall–Kier alpha value is -0.501. The van der Waals surface area contributed by atoms with Crippen molar-refractivity contribution in [3.05, 3.63) is 72.0 Å². The minimum Gasteiger partial charge on any atom is -0.358 e. The maximum Gasteiger partial charge on any atom is 0.0226 e. The normalized spacial score (nSPS) is 13.5. The average Bonchev–Trinajstić information content (AvgIpc) is 2.59. The summed E-state index contributed by atoms with van der Waals surface area (Å²) >= 11 is 0. The quantitative estimate of drug-likeness (QED) is 0.451. The van der Waals surface area contributed by atoms with Crippen molar-refractivity contribution in [2.75, 3.05) is 12.5 Å². The molecule has 0 aromatic heterocycles. The summed E-state index contributed by atoms with van der Waals surface area (Å²) < 4.78 is 9.56. The Bertz CT molecular complexity index is 435. The third-order valence-electron chi connectivity index (χ3n) is 3.42. The first-order chi connectivity index (χ1) is 9.29. The molecule has 0 aliphatic heterocycles. The van der Waals surface area contributed by atoms with Gasteiger partial charge in [-0.25, -0.2) is 0 Å². The van der Waals surface area contributed by atoms with E-state index in [0.717, 1.165) is 0 Å². The van der Waals surface area contributed by atoms with E-state index in [0.29, 0.717) is 0 Å². The molecule has 128 valence electrons. The Morgan fingerprint density at radius 3 is 1.18 bits per heavy atom. The topological polar surface area (TPSA) is 17.1 Å². The Morgan fingerprint density at radius 2 is 1.09 bits per heavy atom. The largest absolute Gasteiger partial charge is 0.358 e. The molecule has 0 unspecified atom stereocenters. The van der Waals surface area contributed by atoms with Crippen LogP contribution in [0.2, 0.25) is 0 Å². The molecule has 0 N–H and O–H groups in total. The van der Waals surface area contributed by atoms with Gasteiger partial charge in [0.25, 0.3) is 0 Å². The number of hydrogen-bond acceptors (Lipinski definition) is 1. The van der Waals surface area contributed by atoms with Crippen LogP contribution in [0.25, 0.3) is 0 Å². The van der Waals surface area contributed by atoms with Crippen LogP contribution in [0, 0.1) is 19.4 Å². The Morgan fingerprint density at radius 1 is 0.773 bits per heavy atom. The summed E-state index contributed by atoms with van der Waals surface area (Å²) in [5.41, 5.74) is 5.87. The summed E-state index contributed by atoms with van der Waals surface area (Å²) in [5, 5.41) is 0. The van der Waals surface area contributed by atoms with E-state index in [-0.39, 0.29) is 27.5 Å². The van der Waals surface area contributed by atoms with Crippen molar-refractivity contribution >= 4 is 10.8 Å². The molecule has 22 heavy (non-hydrogen) atoms. The van der Waals surface area contributed by atoms with Gasteiger partial charge in [0.15, 0.2) is 0 Å². The van der Waals surface area contributed by atoms with Crippen molar-refractivity contribution in [2.24, 2.45) is 0 Å². The van der Waals surface area contributed by atoms with Crippen molar-refractivity contribution in [3.8, 4) is 0 Å². The molecular formula is C19H29IrOS-2. The van der Waals surface area contributed by atoms with E-state index in [1.54, 1.807) is 12.5 Å². The van der Waals surface area contributed by atoms with Gasteiger partial charge in [-0.05, 0) is 38.8 Å². The van der Waals surface area contributed by atoms with Gasteiger partial charge in [0.1, 0.15) is 0 Å². The molecule has 2 radical (unpaired) electrons. The number of rotatable bonds is 0. The fourth-order valence-electron chi connectivity index (χ4n) is 1.75. The Kier molecular flexibility index (Phi) is 16.9. The minimum atomic E-state index is -0.611. The number of allylic oxidation sites excluding steroid dienone is 4. The summed E-state index contributed by atoms with van der Waals surface area (Å²) in [7, 11) is -0.611. The zero-order valence-corrected chi connectivity index (χ0v) is 18.2. The van der Waals surface area contributed by atoms with Crippen LogP contribution in [0.4, 0.5) is 0 Å². The predicted molar refractivity (Wildman–Crippen MR) is 97.3 cm³/mol. The minimum absolute atomic E-state index is 0. The van der Waals surface area contributed by atoms with E-state index in [1.165, 1.54) is 28.2 Å². The van der Waals surface area contributed by atoms with Gasteiger partial charge >= 0.3 is 0 Å². The monoisotopic (exact) mass is 498 g/mol. The van der Waals surface area contributed by atoms with Crippen molar-refractivity contribution in [1.29, 1.82) is 0 Å². The molecule has 0 saturated heterocycles. The van der Waals surface area contributed by atoms with Gasteiger partial charge in [-0.2, -0.15) is 36.4 Å². The molecule has 1 aliphatic rings. The van der Waals surface area contributed by atoms with Crippen molar-refractivity contribution in [1.82, 2.24) is 0 Å². The second kappa shape index (κ2) is 14.1. The fraction of sp³-hybridized carbons (Fsp3) is 0.368. The SMILES string of the molecule is CS(C)=O.C[C]1C(C)=C(C)C(C)=C1C.[CH3-].[Ir].[c-]1ccccc1. The Labute approximate surface area is 154 Å². The van der Waals surface area contributed by atoms with Gasteiger partial charge in [0.05, 0.1) is 0 Å². The van der Waals surface area contributed by atoms with Gasteiger partial charge in [-0.1, -0.05) is 18.1 Å². The van der Waals surface area contributed by atoms with E-state index < -0.39 is 10.8 Å². The molecule has 0 bridgehead atoms. The van der Waals surface area contributed by atoms with E-state index in [2.05, 4.69) is 40.7 Å². The standard InChI is InChI=1S/C10H15.C6H5.C2H6OS.CH3.Ir/c1-6-7(2)9(4)10(5)8(6)3;1-2-4-6-5-3-1;1-4(2)3;;/h1-5H3;1-5H;1-2H3;1H3;/q;-1;;-1;. The molecule has 0 atom stereocenters. The van der Waals surface area contributed by atoms with Crippen molar-refractivity contribution in [3.63, 3.8) is 0 Å². The summed E-state index contributed by atoms with van der Waals surface area (Å²) in [5.74, 6) is 1.47. The molecule has 0 saturated carbocycles. The second-order valence-corrected chi connectivity index (χ2v) is 6.43. The Balaban J connectivity index is -0.000000261. The van der Waals surface area contributed by atoms with Crippen LogP contribution in [-0.4, -0.2) is 16.7 Å². The molecular weight excluding hydrogens is 468 g/mol. The number of benzene rings is 1. The molecule has 0 spiro atoms. The predicted octanol–water partition coefficient (Wildman–Crippen LogP) is 5.20. The zero-order valence-electron chi connectivity index (χ0n) is 15.0. The molecule has 0 heterocycles. The molecule has 0 fully saturated rings. The van der Waals surface area contributed by atoms with E-state index in [9.17, 15) is 4.21 Å². The molecule has 1 aromatic carbocycles. The fourth-order valence-corrected chi connectivity index (χ4v) is 1.75. The van der Waals surface area contributed by atoms with Crippen LogP contribution in [0.1, 0.15) is 34.6 Å². The van der Waals surface area contributed by atoms with Crippen LogP contribution in [0.3, 0.4) is 0 Å². The van der Waals surface area contributed by atoms with E-state index >= 15 is 0 Å². The first-order valence-corrected chi connectivity index (χ1v) is 8.61. The molecule has 0 amide bonds. The van der Waals surface area contributed by atoms with Crippen LogP contribution >= 0.6 is 0 Å². The maximum atomic E-state index is 9.56. The van der Waals surface area contributed by atoms with Crippen LogP contribution in [0.15, 0.2) is 52.6 Å². The van der Waals surface area contributed by atoms with Gasteiger partial charge in [0, 0.05) is 49.3 Å². The van der Waals surface area contributed by atoms with Crippen molar-refractivity contribution < 1.29 is 24.3 Å². The summed E-state index contributed by atoms with van der Waals surface area (Å²) in [6.45, 7) is 11.0. The maximum absolute atomic E-state index is 9.56. The molecule has 2 rings (SSSR count). The summed E-state index contributed by atoms with van der Waals surface area (Å²) in [6.07, 6.45) is 3.28. The van der Waals surface area contributed by atoms with E-state index in [1.807, 2.05) is 30.3 Å². The molecule has 1 aromatic rings. The summed E-state index contributed by atoms with van der Waals surface area (Å²) in [6, 6.07) is 12.5. The van der Waals surface area contributed by atoms with Gasteiger partial charge < -0.3 is 7.43 Å². The molecule has 1 aliphatic carbocycles. The van der Waals surface area contributed by atoms with Crippen LogP contribution < -0.4 is 0 Å². The van der Waals surface area contributed by atoms with Crippen LogP contribution in [0.5, 0.6) is 0 Å². The third-order valence-corrected chi connectivity index (χ3v) is 3.42. The first kappa shape index (κ1) is 26.4. The van der Waals surface area contributed by atoms with Crippen LogP contribution in [-0.2, 0) is 30.9 Å². The smallest absolute Gasteiger partial charge is 0.0226 e. The van der Waals surface area contributed by atoms with Gasteiger partial charge in [-0.15, -0.1) is 0 Å². The van der Waals surface area contributed by atoms with E-state index in [4.69, 9.17) is 0 Å². The molecule has 1 nitrogen and oxygen atoms in total. The number of hydrogen-bond donors (Lipinski definition) is 0. The zero-order chi connectivity index (χ0) is 15.7.